The first kappa shape index (κ1) is 16.9. The summed E-state index contributed by atoms with van der Waals surface area (Å²) in [7, 11) is 0. The summed E-state index contributed by atoms with van der Waals surface area (Å²) in [6.07, 6.45) is 3.49. The first-order valence-electron chi connectivity index (χ1n) is 8.70. The van der Waals surface area contributed by atoms with Crippen molar-refractivity contribution in [3.63, 3.8) is 0 Å². The number of ether oxygens (including phenoxy) is 2. The van der Waals surface area contributed by atoms with E-state index in [1.807, 2.05) is 38.7 Å². The summed E-state index contributed by atoms with van der Waals surface area (Å²) < 4.78 is 11.6. The number of phenolic OH excluding ortho intramolecular Hbond substituents is 1. The Labute approximate surface area is 143 Å². The molecule has 2 heterocycles. The molecular formula is C19H27NO4. The molecule has 2 fully saturated rings. The molecular weight excluding hydrogens is 306 g/mol. The number of carbonyl (C=O) groups is 1. The van der Waals surface area contributed by atoms with Crippen molar-refractivity contribution in [1.29, 1.82) is 0 Å². The number of carbonyl (C=O) groups excluding carboxylic acids is 1. The Bertz CT molecular complexity index is 588. The van der Waals surface area contributed by atoms with Crippen molar-refractivity contribution in [3.8, 4) is 11.5 Å². The predicted molar refractivity (Wildman–Crippen MR) is 91.4 cm³/mol. The lowest BCUT2D eigenvalue weighted by Crippen LogP contribution is -2.50. The second-order valence-corrected chi connectivity index (χ2v) is 7.99. The third kappa shape index (κ3) is 3.77. The molecule has 2 bridgehead atoms. The van der Waals surface area contributed by atoms with Crippen LogP contribution in [-0.4, -0.2) is 39.9 Å². The largest absolute Gasteiger partial charge is 0.508 e. The summed E-state index contributed by atoms with van der Waals surface area (Å²) in [6.45, 7) is 7.62. The van der Waals surface area contributed by atoms with Gasteiger partial charge in [-0.2, -0.15) is 0 Å². The molecule has 1 amide bonds. The highest BCUT2D eigenvalue weighted by Crippen LogP contribution is 2.38. The minimum atomic E-state index is -0.469. The molecule has 0 spiro atoms. The van der Waals surface area contributed by atoms with Crippen LogP contribution in [0.4, 0.5) is 4.79 Å². The normalized spacial score (nSPS) is 26.3. The average Bonchev–Trinajstić information content (AvgIpc) is 2.68. The predicted octanol–water partition coefficient (Wildman–Crippen LogP) is 4.01. The molecule has 1 aromatic carbocycles. The quantitative estimate of drug-likeness (QED) is 0.888. The monoisotopic (exact) mass is 333 g/mol. The lowest BCUT2D eigenvalue weighted by molar-refractivity contribution is -0.00707. The minimum Gasteiger partial charge on any atom is -0.508 e. The van der Waals surface area contributed by atoms with Crippen molar-refractivity contribution in [2.75, 3.05) is 0 Å². The molecule has 2 aliphatic heterocycles. The van der Waals surface area contributed by atoms with Gasteiger partial charge in [0.15, 0.2) is 0 Å². The van der Waals surface area contributed by atoms with Gasteiger partial charge in [0.1, 0.15) is 23.2 Å². The Balaban J connectivity index is 1.65. The van der Waals surface area contributed by atoms with Crippen LogP contribution in [0.5, 0.6) is 11.5 Å². The summed E-state index contributed by atoms with van der Waals surface area (Å²) >= 11 is 0. The number of aromatic hydroxyl groups is 1. The number of hydrogen-bond donors (Lipinski definition) is 1. The second-order valence-electron chi connectivity index (χ2n) is 7.99. The maximum atomic E-state index is 12.5. The van der Waals surface area contributed by atoms with Gasteiger partial charge < -0.3 is 19.5 Å². The molecule has 3 atom stereocenters. The van der Waals surface area contributed by atoms with Gasteiger partial charge in [0.05, 0.1) is 0 Å². The van der Waals surface area contributed by atoms with Crippen molar-refractivity contribution in [2.24, 2.45) is 0 Å². The molecule has 3 rings (SSSR count). The zero-order valence-electron chi connectivity index (χ0n) is 14.9. The van der Waals surface area contributed by atoms with Crippen molar-refractivity contribution in [3.05, 3.63) is 23.8 Å². The van der Waals surface area contributed by atoms with Crippen LogP contribution in [0.3, 0.4) is 0 Å². The van der Waals surface area contributed by atoms with Crippen molar-refractivity contribution in [1.82, 2.24) is 4.90 Å². The van der Waals surface area contributed by atoms with E-state index in [4.69, 9.17) is 9.47 Å². The third-order valence-electron chi connectivity index (χ3n) is 4.63. The van der Waals surface area contributed by atoms with Crippen LogP contribution < -0.4 is 4.74 Å². The van der Waals surface area contributed by atoms with Gasteiger partial charge in [-0.05, 0) is 58.2 Å². The van der Waals surface area contributed by atoms with Crippen LogP contribution >= 0.6 is 0 Å². The molecule has 0 saturated carbocycles. The molecule has 2 aliphatic rings. The molecule has 132 valence electrons. The van der Waals surface area contributed by atoms with E-state index in [0.29, 0.717) is 5.75 Å². The number of aryl methyl sites for hydroxylation is 1. The second kappa shape index (κ2) is 6.19. The summed E-state index contributed by atoms with van der Waals surface area (Å²) in [6, 6.07) is 5.66. The molecule has 5 nitrogen and oxygen atoms in total. The molecule has 0 radical (unpaired) electrons. The van der Waals surface area contributed by atoms with Crippen molar-refractivity contribution >= 4 is 6.09 Å². The molecule has 1 aromatic rings. The number of piperidine rings is 1. The van der Waals surface area contributed by atoms with Crippen LogP contribution in [-0.2, 0) is 4.74 Å². The van der Waals surface area contributed by atoms with E-state index in [9.17, 15) is 9.90 Å². The lowest BCUT2D eigenvalue weighted by Gasteiger charge is -2.39. The summed E-state index contributed by atoms with van der Waals surface area (Å²) in [4.78, 5) is 14.4. The zero-order chi connectivity index (χ0) is 17.5. The van der Waals surface area contributed by atoms with Crippen molar-refractivity contribution in [2.45, 2.75) is 77.2 Å². The number of amides is 1. The highest BCUT2D eigenvalue weighted by Gasteiger charge is 2.45. The first-order chi connectivity index (χ1) is 11.2. The smallest absolute Gasteiger partial charge is 0.410 e. The Hall–Kier alpha value is -1.91. The number of hydrogen-bond acceptors (Lipinski definition) is 4. The molecule has 5 heteroatoms. The van der Waals surface area contributed by atoms with Crippen LogP contribution in [0, 0.1) is 6.92 Å². The van der Waals surface area contributed by atoms with Crippen molar-refractivity contribution < 1.29 is 19.4 Å². The molecule has 0 aliphatic carbocycles. The lowest BCUT2D eigenvalue weighted by atomic mass is 10.00. The third-order valence-corrected chi connectivity index (χ3v) is 4.63. The Morgan fingerprint density at radius 3 is 2.33 bits per heavy atom. The van der Waals surface area contributed by atoms with Gasteiger partial charge in [-0.25, -0.2) is 4.79 Å². The minimum absolute atomic E-state index is 0.0717. The van der Waals surface area contributed by atoms with E-state index in [1.165, 1.54) is 0 Å². The number of benzene rings is 1. The SMILES string of the molecule is Cc1cc(O)cc(OC2C[C@H]3CC[C@@H](C2)N3C(=O)OC(C)(C)C)c1. The number of rotatable bonds is 2. The molecule has 2 saturated heterocycles. The topological polar surface area (TPSA) is 59.0 Å². The Morgan fingerprint density at radius 1 is 1.17 bits per heavy atom. The van der Waals surface area contributed by atoms with Crippen LogP contribution in [0.15, 0.2) is 18.2 Å². The van der Waals surface area contributed by atoms with E-state index < -0.39 is 5.60 Å². The standard InChI is InChI=1S/C19H27NO4/c1-12-7-15(21)11-16(8-12)23-17-9-13-5-6-14(10-17)20(13)18(22)24-19(2,3)4/h7-8,11,13-14,17,21H,5-6,9-10H2,1-4H3/t13-,14+,17?. The fourth-order valence-electron chi connectivity index (χ4n) is 3.82. The van der Waals surface area contributed by atoms with Gasteiger partial charge in [0.25, 0.3) is 0 Å². The Kier molecular flexibility index (Phi) is 4.37. The molecule has 24 heavy (non-hydrogen) atoms. The van der Waals surface area contributed by atoms with Gasteiger partial charge >= 0.3 is 6.09 Å². The van der Waals surface area contributed by atoms with E-state index in [2.05, 4.69) is 0 Å². The van der Waals surface area contributed by atoms with Crippen LogP contribution in [0.2, 0.25) is 0 Å². The average molecular weight is 333 g/mol. The van der Waals surface area contributed by atoms with Crippen LogP contribution in [0.1, 0.15) is 52.0 Å². The van der Waals surface area contributed by atoms with E-state index in [0.717, 1.165) is 31.2 Å². The fourth-order valence-corrected chi connectivity index (χ4v) is 3.82. The van der Waals surface area contributed by atoms with Gasteiger partial charge in [-0.3, -0.25) is 0 Å². The summed E-state index contributed by atoms with van der Waals surface area (Å²) in [5.74, 6) is 0.918. The highest BCUT2D eigenvalue weighted by molar-refractivity contribution is 5.69. The van der Waals surface area contributed by atoms with Gasteiger partial charge in [0.2, 0.25) is 0 Å². The maximum Gasteiger partial charge on any atom is 0.410 e. The first-order valence-corrected chi connectivity index (χ1v) is 8.70. The Morgan fingerprint density at radius 2 is 1.79 bits per heavy atom. The highest BCUT2D eigenvalue weighted by atomic mass is 16.6. The van der Waals surface area contributed by atoms with Gasteiger partial charge in [-0.1, -0.05) is 0 Å². The van der Waals surface area contributed by atoms with E-state index in [1.54, 1.807) is 12.1 Å². The zero-order valence-corrected chi connectivity index (χ0v) is 14.9. The molecule has 0 aromatic heterocycles. The van der Waals surface area contributed by atoms with E-state index in [-0.39, 0.29) is 30.0 Å². The molecule has 1 unspecified atom stereocenters. The maximum absolute atomic E-state index is 12.5. The van der Waals surface area contributed by atoms with Crippen LogP contribution in [0.25, 0.3) is 0 Å². The fraction of sp³-hybridized carbons (Fsp3) is 0.632. The number of phenols is 1. The van der Waals surface area contributed by atoms with Gasteiger partial charge in [-0.15, -0.1) is 0 Å². The molecule has 1 N–H and O–H groups in total. The summed E-state index contributed by atoms with van der Waals surface area (Å²) in [5.41, 5.74) is 0.502. The van der Waals surface area contributed by atoms with E-state index >= 15 is 0 Å². The number of nitrogens with zero attached hydrogens (tertiary/aromatic N) is 1. The van der Waals surface area contributed by atoms with Gasteiger partial charge in [0, 0.05) is 31.0 Å². The summed E-state index contributed by atoms with van der Waals surface area (Å²) in [5, 5.41) is 9.71. The number of fused-ring (bicyclic) bond motifs is 2.